The lowest BCUT2D eigenvalue weighted by molar-refractivity contribution is -0.119. The average molecular weight is 307 g/mol. The Bertz CT molecular complexity index is 811. The van der Waals surface area contributed by atoms with E-state index in [1.807, 2.05) is 18.2 Å². The minimum atomic E-state index is -0.894. The van der Waals surface area contributed by atoms with Crippen LogP contribution in [-0.2, 0) is 4.79 Å². The normalized spacial score (nSPS) is 19.6. The van der Waals surface area contributed by atoms with Gasteiger partial charge < -0.3 is 10.6 Å². The molecule has 1 atom stereocenters. The Morgan fingerprint density at radius 1 is 0.826 bits per heavy atom. The lowest BCUT2D eigenvalue weighted by Gasteiger charge is -2.23. The van der Waals surface area contributed by atoms with Crippen molar-refractivity contribution in [1.82, 2.24) is 4.90 Å². The molecule has 2 heterocycles. The Kier molecular flexibility index (Phi) is 2.90. The summed E-state index contributed by atoms with van der Waals surface area (Å²) >= 11 is 0. The van der Waals surface area contributed by atoms with Gasteiger partial charge in [0.15, 0.2) is 0 Å². The molecule has 114 valence electrons. The maximum Gasteiger partial charge on any atom is 0.262 e. The summed E-state index contributed by atoms with van der Waals surface area (Å²) in [6, 6.07) is 13.0. The van der Waals surface area contributed by atoms with Crippen molar-refractivity contribution < 1.29 is 14.4 Å². The second-order valence-electron chi connectivity index (χ2n) is 5.46. The Morgan fingerprint density at radius 3 is 2.04 bits per heavy atom. The Hall–Kier alpha value is -3.15. The lowest BCUT2D eigenvalue weighted by Crippen LogP contribution is -2.49. The summed E-state index contributed by atoms with van der Waals surface area (Å²) in [7, 11) is 0. The first-order chi connectivity index (χ1) is 11.2. The van der Waals surface area contributed by atoms with Gasteiger partial charge in [0.2, 0.25) is 5.91 Å². The van der Waals surface area contributed by atoms with Gasteiger partial charge in [-0.15, -0.1) is 0 Å². The van der Waals surface area contributed by atoms with Gasteiger partial charge in [-0.25, -0.2) is 0 Å². The van der Waals surface area contributed by atoms with Crippen LogP contribution in [0.15, 0.2) is 48.5 Å². The van der Waals surface area contributed by atoms with E-state index in [-0.39, 0.29) is 12.5 Å². The molecule has 4 rings (SSSR count). The van der Waals surface area contributed by atoms with Crippen LogP contribution in [0.5, 0.6) is 0 Å². The van der Waals surface area contributed by atoms with Gasteiger partial charge in [-0.1, -0.05) is 24.3 Å². The summed E-state index contributed by atoms with van der Waals surface area (Å²) in [5, 5.41) is 5.89. The number of fused-ring (bicyclic) bond motifs is 2. The molecule has 2 aliphatic rings. The van der Waals surface area contributed by atoms with Crippen LogP contribution in [-0.4, -0.2) is 35.2 Å². The minimum Gasteiger partial charge on any atom is -0.381 e. The molecule has 0 aliphatic carbocycles. The first kappa shape index (κ1) is 13.5. The van der Waals surface area contributed by atoms with Crippen LogP contribution in [0.25, 0.3) is 0 Å². The van der Waals surface area contributed by atoms with E-state index in [0.29, 0.717) is 16.8 Å². The summed E-state index contributed by atoms with van der Waals surface area (Å²) in [5.41, 5.74) is 2.08. The largest absolute Gasteiger partial charge is 0.381 e. The van der Waals surface area contributed by atoms with Crippen LogP contribution < -0.4 is 10.6 Å². The number of carbonyl (C=O) groups excluding carboxylic acids is 3. The smallest absolute Gasteiger partial charge is 0.262 e. The third kappa shape index (κ3) is 1.99. The number of anilines is 2. The number of imide groups is 1. The molecule has 0 saturated heterocycles. The van der Waals surface area contributed by atoms with Crippen molar-refractivity contribution in [3.05, 3.63) is 59.7 Å². The maximum absolute atomic E-state index is 12.5. The topological polar surface area (TPSA) is 78.5 Å². The Balaban J connectivity index is 1.69. The van der Waals surface area contributed by atoms with E-state index in [0.717, 1.165) is 10.6 Å². The molecule has 1 unspecified atom stereocenters. The summed E-state index contributed by atoms with van der Waals surface area (Å²) < 4.78 is 0. The van der Waals surface area contributed by atoms with E-state index >= 15 is 0 Å². The van der Waals surface area contributed by atoms with Crippen LogP contribution >= 0.6 is 0 Å². The number of nitrogens with one attached hydrogen (secondary N) is 2. The van der Waals surface area contributed by atoms with Crippen LogP contribution in [0.4, 0.5) is 11.4 Å². The molecular formula is C17H13N3O3. The van der Waals surface area contributed by atoms with E-state index in [1.54, 1.807) is 30.3 Å². The molecule has 6 nitrogen and oxygen atoms in total. The fraction of sp³-hybridized carbons (Fsp3) is 0.118. The molecule has 0 aromatic heterocycles. The zero-order chi connectivity index (χ0) is 16.0. The van der Waals surface area contributed by atoms with Gasteiger partial charge in [-0.05, 0) is 24.3 Å². The predicted octanol–water partition coefficient (Wildman–Crippen LogP) is 1.72. The van der Waals surface area contributed by atoms with Gasteiger partial charge in [0, 0.05) is 6.54 Å². The van der Waals surface area contributed by atoms with Gasteiger partial charge in [-0.3, -0.25) is 19.3 Å². The standard InChI is InChI=1S/C17H13N3O3/c21-15-14(9-18-12-7-3-4-8-13(12)19-15)20-16(22)10-5-1-2-6-11(10)17(20)23/h1-8,14,18H,9H2,(H,19,21). The van der Waals surface area contributed by atoms with E-state index in [1.165, 1.54) is 0 Å². The molecule has 2 N–H and O–H groups in total. The predicted molar refractivity (Wildman–Crippen MR) is 84.3 cm³/mol. The monoisotopic (exact) mass is 307 g/mol. The van der Waals surface area contributed by atoms with Crippen LogP contribution in [0.3, 0.4) is 0 Å². The van der Waals surface area contributed by atoms with Gasteiger partial charge in [0.25, 0.3) is 11.8 Å². The van der Waals surface area contributed by atoms with E-state index in [9.17, 15) is 14.4 Å². The SMILES string of the molecule is O=C1Nc2ccccc2NCC1N1C(=O)c2ccccc2C1=O. The number of amides is 3. The Morgan fingerprint density at radius 2 is 1.39 bits per heavy atom. The molecule has 0 bridgehead atoms. The van der Waals surface area contributed by atoms with Crippen LogP contribution in [0.2, 0.25) is 0 Å². The van der Waals surface area contributed by atoms with Crippen molar-refractivity contribution >= 4 is 29.1 Å². The minimum absolute atomic E-state index is 0.175. The molecule has 0 spiro atoms. The first-order valence-corrected chi connectivity index (χ1v) is 7.27. The number of benzene rings is 2. The number of rotatable bonds is 1. The molecule has 3 amide bonds. The molecule has 6 heteroatoms. The Labute approximate surface area is 132 Å². The fourth-order valence-corrected chi connectivity index (χ4v) is 2.96. The van der Waals surface area contributed by atoms with Crippen molar-refractivity contribution in [3.8, 4) is 0 Å². The second-order valence-corrected chi connectivity index (χ2v) is 5.46. The third-order valence-electron chi connectivity index (χ3n) is 4.11. The molecule has 0 saturated carbocycles. The molecule has 0 fully saturated rings. The van der Waals surface area contributed by atoms with E-state index in [2.05, 4.69) is 10.6 Å². The second kappa shape index (κ2) is 4.95. The van der Waals surface area contributed by atoms with Gasteiger partial charge in [0.1, 0.15) is 6.04 Å². The summed E-state index contributed by atoms with van der Waals surface area (Å²) in [5.74, 6) is -1.24. The summed E-state index contributed by atoms with van der Waals surface area (Å²) in [4.78, 5) is 38.6. The molecular weight excluding hydrogens is 294 g/mol. The number of para-hydroxylation sites is 2. The van der Waals surface area contributed by atoms with Crippen molar-refractivity contribution in [2.24, 2.45) is 0 Å². The maximum atomic E-state index is 12.5. The highest BCUT2D eigenvalue weighted by Crippen LogP contribution is 2.28. The highest BCUT2D eigenvalue weighted by molar-refractivity contribution is 6.23. The van der Waals surface area contributed by atoms with E-state index in [4.69, 9.17) is 0 Å². The zero-order valence-corrected chi connectivity index (χ0v) is 12.1. The molecule has 0 radical (unpaired) electrons. The van der Waals surface area contributed by atoms with Crippen molar-refractivity contribution in [1.29, 1.82) is 0 Å². The van der Waals surface area contributed by atoms with Crippen molar-refractivity contribution in [2.75, 3.05) is 17.2 Å². The molecule has 23 heavy (non-hydrogen) atoms. The quantitative estimate of drug-likeness (QED) is 0.786. The summed E-state index contributed by atoms with van der Waals surface area (Å²) in [6.45, 7) is 0.175. The highest BCUT2D eigenvalue weighted by Gasteiger charge is 2.43. The zero-order valence-electron chi connectivity index (χ0n) is 12.1. The highest BCUT2D eigenvalue weighted by atomic mass is 16.2. The van der Waals surface area contributed by atoms with Gasteiger partial charge in [0.05, 0.1) is 22.5 Å². The number of hydrogen-bond acceptors (Lipinski definition) is 4. The average Bonchev–Trinajstić information content (AvgIpc) is 2.71. The lowest BCUT2D eigenvalue weighted by atomic mass is 10.1. The number of hydrogen-bond donors (Lipinski definition) is 2. The molecule has 2 aromatic carbocycles. The summed E-state index contributed by atoms with van der Waals surface area (Å²) in [6.07, 6.45) is 0. The molecule has 2 aliphatic heterocycles. The van der Waals surface area contributed by atoms with Gasteiger partial charge >= 0.3 is 0 Å². The van der Waals surface area contributed by atoms with Crippen LogP contribution in [0.1, 0.15) is 20.7 Å². The molecule has 2 aromatic rings. The van der Waals surface area contributed by atoms with Crippen LogP contribution in [0, 0.1) is 0 Å². The van der Waals surface area contributed by atoms with Crippen molar-refractivity contribution in [2.45, 2.75) is 6.04 Å². The van der Waals surface area contributed by atoms with E-state index < -0.39 is 17.9 Å². The number of nitrogens with zero attached hydrogens (tertiary/aromatic N) is 1. The van der Waals surface area contributed by atoms with Gasteiger partial charge in [-0.2, -0.15) is 0 Å². The fourth-order valence-electron chi connectivity index (χ4n) is 2.96. The van der Waals surface area contributed by atoms with Crippen molar-refractivity contribution in [3.63, 3.8) is 0 Å². The third-order valence-corrected chi connectivity index (χ3v) is 4.11. The number of carbonyl (C=O) groups is 3. The first-order valence-electron chi connectivity index (χ1n) is 7.27.